The van der Waals surface area contributed by atoms with Gasteiger partial charge in [-0.25, -0.2) is 12.8 Å². The predicted octanol–water partition coefficient (Wildman–Crippen LogP) is 2.11. The number of benzene rings is 2. The summed E-state index contributed by atoms with van der Waals surface area (Å²) >= 11 is 0. The van der Waals surface area contributed by atoms with Crippen LogP contribution in [0.5, 0.6) is 5.75 Å². The third kappa shape index (κ3) is 3.59. The molecular weight excluding hydrogens is 325 g/mol. The fraction of sp³-hybridized carbons (Fsp3) is 0.133. The second-order valence-corrected chi connectivity index (χ2v) is 6.39. The molecule has 0 aliphatic rings. The van der Waals surface area contributed by atoms with Gasteiger partial charge in [-0.05, 0) is 36.4 Å². The molecule has 0 bridgehead atoms. The lowest BCUT2D eigenvalue weighted by Gasteiger charge is -2.24. The fourth-order valence-electron chi connectivity index (χ4n) is 1.99. The predicted molar refractivity (Wildman–Crippen MR) is 81.6 cm³/mol. The maximum absolute atomic E-state index is 13.0. The molecule has 8 heteroatoms. The van der Waals surface area contributed by atoms with Crippen LogP contribution in [0.4, 0.5) is 10.1 Å². The molecular formula is C15H14FNO5S. The number of aliphatic carboxylic acids is 1. The van der Waals surface area contributed by atoms with Gasteiger partial charge >= 0.3 is 5.97 Å². The summed E-state index contributed by atoms with van der Waals surface area (Å²) in [6.45, 7) is -0.792. The van der Waals surface area contributed by atoms with E-state index in [1.807, 2.05) is 0 Å². The number of para-hydroxylation sites is 2. The number of carboxylic acid groups (broad SMARTS) is 1. The zero-order chi connectivity index (χ0) is 17.0. The van der Waals surface area contributed by atoms with E-state index in [1.165, 1.54) is 19.2 Å². The van der Waals surface area contributed by atoms with Crippen molar-refractivity contribution < 1.29 is 27.4 Å². The molecule has 0 spiro atoms. The van der Waals surface area contributed by atoms with Crippen molar-refractivity contribution in [3.05, 3.63) is 54.3 Å². The fourth-order valence-corrected chi connectivity index (χ4v) is 3.42. The molecule has 0 aromatic heterocycles. The molecule has 0 fully saturated rings. The van der Waals surface area contributed by atoms with E-state index in [1.54, 1.807) is 12.1 Å². The zero-order valence-corrected chi connectivity index (χ0v) is 13.0. The van der Waals surface area contributed by atoms with Crippen molar-refractivity contribution in [2.45, 2.75) is 4.90 Å². The molecule has 1 N–H and O–H groups in total. The molecule has 2 aromatic carbocycles. The first-order chi connectivity index (χ1) is 10.9. The zero-order valence-electron chi connectivity index (χ0n) is 12.1. The Morgan fingerprint density at radius 2 is 1.78 bits per heavy atom. The topological polar surface area (TPSA) is 83.9 Å². The van der Waals surface area contributed by atoms with Gasteiger partial charge in [0, 0.05) is 0 Å². The van der Waals surface area contributed by atoms with Gasteiger partial charge < -0.3 is 9.84 Å². The smallest absolute Gasteiger partial charge is 0.324 e. The molecule has 0 aliphatic carbocycles. The SMILES string of the molecule is COc1ccccc1N(CC(=O)O)S(=O)(=O)c1ccc(F)cc1. The largest absolute Gasteiger partial charge is 0.495 e. The summed E-state index contributed by atoms with van der Waals surface area (Å²) in [6.07, 6.45) is 0. The van der Waals surface area contributed by atoms with E-state index < -0.39 is 28.4 Å². The summed E-state index contributed by atoms with van der Waals surface area (Å²) < 4.78 is 44.3. The highest BCUT2D eigenvalue weighted by Gasteiger charge is 2.29. The summed E-state index contributed by atoms with van der Waals surface area (Å²) in [4.78, 5) is 10.9. The van der Waals surface area contributed by atoms with Gasteiger partial charge in [0.25, 0.3) is 10.0 Å². The average Bonchev–Trinajstić information content (AvgIpc) is 2.52. The lowest BCUT2D eigenvalue weighted by Crippen LogP contribution is -2.36. The molecule has 6 nitrogen and oxygen atoms in total. The quantitative estimate of drug-likeness (QED) is 0.871. The monoisotopic (exact) mass is 339 g/mol. The van der Waals surface area contributed by atoms with Crippen LogP contribution in [0.25, 0.3) is 0 Å². The van der Waals surface area contributed by atoms with Crippen molar-refractivity contribution >= 4 is 21.7 Å². The summed E-state index contributed by atoms with van der Waals surface area (Å²) in [5, 5.41) is 9.06. The van der Waals surface area contributed by atoms with Crippen molar-refractivity contribution in [2.24, 2.45) is 0 Å². The number of sulfonamides is 1. The second-order valence-electron chi connectivity index (χ2n) is 4.53. The van der Waals surface area contributed by atoms with Crippen LogP contribution < -0.4 is 9.04 Å². The molecule has 23 heavy (non-hydrogen) atoms. The lowest BCUT2D eigenvalue weighted by atomic mass is 10.3. The van der Waals surface area contributed by atoms with Crippen LogP contribution >= 0.6 is 0 Å². The number of nitrogens with zero attached hydrogens (tertiary/aromatic N) is 1. The Morgan fingerprint density at radius 3 is 2.35 bits per heavy atom. The van der Waals surface area contributed by atoms with Crippen molar-refractivity contribution in [3.63, 3.8) is 0 Å². The first-order valence-corrected chi connectivity index (χ1v) is 7.93. The Labute approximate surface area is 132 Å². The number of methoxy groups -OCH3 is 1. The molecule has 2 aromatic rings. The number of carbonyl (C=O) groups is 1. The van der Waals surface area contributed by atoms with Crippen molar-refractivity contribution in [2.75, 3.05) is 18.0 Å². The number of carboxylic acids is 1. The molecule has 0 atom stereocenters. The number of hydrogen-bond acceptors (Lipinski definition) is 4. The highest BCUT2D eigenvalue weighted by Crippen LogP contribution is 2.32. The highest BCUT2D eigenvalue weighted by molar-refractivity contribution is 7.92. The molecule has 0 heterocycles. The average molecular weight is 339 g/mol. The first kappa shape index (κ1) is 16.8. The Hall–Kier alpha value is -2.61. The number of ether oxygens (including phenoxy) is 1. The van der Waals surface area contributed by atoms with Gasteiger partial charge in [-0.1, -0.05) is 12.1 Å². The number of rotatable bonds is 6. The standard InChI is InChI=1S/C15H14FNO5S/c1-22-14-5-3-2-4-13(14)17(10-15(18)19)23(20,21)12-8-6-11(16)7-9-12/h2-9H,10H2,1H3,(H,18,19). The minimum Gasteiger partial charge on any atom is -0.495 e. The minimum atomic E-state index is -4.19. The molecule has 0 radical (unpaired) electrons. The van der Waals surface area contributed by atoms with Crippen LogP contribution in [-0.2, 0) is 14.8 Å². The molecule has 0 aliphatic heterocycles. The van der Waals surface area contributed by atoms with E-state index in [0.29, 0.717) is 4.31 Å². The van der Waals surface area contributed by atoms with Crippen LogP contribution in [0.3, 0.4) is 0 Å². The maximum atomic E-state index is 13.0. The van der Waals surface area contributed by atoms with Gasteiger partial charge in [0.1, 0.15) is 18.1 Å². The van der Waals surface area contributed by atoms with Gasteiger partial charge in [0.15, 0.2) is 0 Å². The third-order valence-electron chi connectivity index (χ3n) is 3.03. The second kappa shape index (κ2) is 6.66. The van der Waals surface area contributed by atoms with Crippen LogP contribution in [0.15, 0.2) is 53.4 Å². The maximum Gasteiger partial charge on any atom is 0.324 e. The van der Waals surface area contributed by atoms with E-state index in [9.17, 15) is 17.6 Å². The van der Waals surface area contributed by atoms with Crippen LogP contribution in [0.1, 0.15) is 0 Å². The lowest BCUT2D eigenvalue weighted by molar-refractivity contribution is -0.135. The number of hydrogen-bond donors (Lipinski definition) is 1. The van der Waals surface area contributed by atoms with Crippen molar-refractivity contribution in [3.8, 4) is 5.75 Å². The summed E-state index contributed by atoms with van der Waals surface area (Å²) in [6, 6.07) is 10.3. The van der Waals surface area contributed by atoms with Gasteiger partial charge in [0.05, 0.1) is 17.7 Å². The number of anilines is 1. The Kier molecular flexibility index (Phi) is 4.85. The molecule has 0 amide bonds. The Bertz CT molecular complexity index is 805. The Balaban J connectivity index is 2.58. The van der Waals surface area contributed by atoms with Gasteiger partial charge in [-0.15, -0.1) is 0 Å². The van der Waals surface area contributed by atoms with E-state index in [0.717, 1.165) is 24.3 Å². The van der Waals surface area contributed by atoms with E-state index in [-0.39, 0.29) is 16.3 Å². The summed E-state index contributed by atoms with van der Waals surface area (Å²) in [5.41, 5.74) is 0.0849. The Morgan fingerprint density at radius 1 is 1.17 bits per heavy atom. The molecule has 2 rings (SSSR count). The summed E-state index contributed by atoms with van der Waals surface area (Å²) in [5.74, 6) is -1.72. The molecule has 0 saturated carbocycles. The number of halogens is 1. The van der Waals surface area contributed by atoms with Crippen molar-refractivity contribution in [1.82, 2.24) is 0 Å². The van der Waals surface area contributed by atoms with Gasteiger partial charge in [0.2, 0.25) is 0 Å². The molecule has 0 unspecified atom stereocenters. The first-order valence-electron chi connectivity index (χ1n) is 6.49. The summed E-state index contributed by atoms with van der Waals surface area (Å²) in [7, 11) is -2.84. The van der Waals surface area contributed by atoms with Gasteiger partial charge in [-0.3, -0.25) is 9.10 Å². The normalized spacial score (nSPS) is 11.0. The third-order valence-corrected chi connectivity index (χ3v) is 4.81. The van der Waals surface area contributed by atoms with Crippen LogP contribution in [0, 0.1) is 5.82 Å². The molecule has 0 saturated heterocycles. The van der Waals surface area contributed by atoms with Crippen molar-refractivity contribution in [1.29, 1.82) is 0 Å². The van der Waals surface area contributed by atoms with Crippen LogP contribution in [0.2, 0.25) is 0 Å². The molecule has 122 valence electrons. The van der Waals surface area contributed by atoms with Crippen LogP contribution in [-0.4, -0.2) is 33.1 Å². The van der Waals surface area contributed by atoms with Gasteiger partial charge in [-0.2, -0.15) is 0 Å². The minimum absolute atomic E-state index is 0.0849. The van der Waals surface area contributed by atoms with E-state index >= 15 is 0 Å². The van der Waals surface area contributed by atoms with E-state index in [2.05, 4.69) is 0 Å². The highest BCUT2D eigenvalue weighted by atomic mass is 32.2. The van der Waals surface area contributed by atoms with E-state index in [4.69, 9.17) is 9.84 Å².